The van der Waals surface area contributed by atoms with Crippen molar-refractivity contribution in [1.29, 1.82) is 5.26 Å². The van der Waals surface area contributed by atoms with Crippen LogP contribution in [0.1, 0.15) is 25.0 Å². The van der Waals surface area contributed by atoms with Crippen LogP contribution in [0, 0.1) is 11.3 Å². The van der Waals surface area contributed by atoms with Crippen LogP contribution in [0.25, 0.3) is 0 Å². The first kappa shape index (κ1) is 17.0. The third-order valence-electron chi connectivity index (χ3n) is 4.00. The Morgan fingerprint density at radius 3 is 2.39 bits per heavy atom. The Kier molecular flexibility index (Phi) is 6.58. The van der Waals surface area contributed by atoms with Crippen LogP contribution in [0.3, 0.4) is 0 Å². The van der Waals surface area contributed by atoms with Gasteiger partial charge in [-0.15, -0.1) is 0 Å². The Hall–Kier alpha value is -2.38. The molecule has 0 aliphatic heterocycles. The number of rotatable bonds is 8. The SMILES string of the molecule is CCN(CC)CCN(Cc1ccccc1)c1ncccc1C#N. The minimum atomic E-state index is 0.628. The van der Waals surface area contributed by atoms with Gasteiger partial charge in [0, 0.05) is 25.8 Å². The highest BCUT2D eigenvalue weighted by atomic mass is 15.2. The van der Waals surface area contributed by atoms with E-state index in [1.807, 2.05) is 30.3 Å². The average Bonchev–Trinajstić information content (AvgIpc) is 2.62. The van der Waals surface area contributed by atoms with Crippen molar-refractivity contribution in [1.82, 2.24) is 9.88 Å². The zero-order valence-corrected chi connectivity index (χ0v) is 13.9. The van der Waals surface area contributed by atoms with E-state index in [4.69, 9.17) is 0 Å². The van der Waals surface area contributed by atoms with Crippen LogP contribution >= 0.6 is 0 Å². The van der Waals surface area contributed by atoms with Gasteiger partial charge in [0.15, 0.2) is 0 Å². The van der Waals surface area contributed by atoms with Gasteiger partial charge in [-0.05, 0) is 30.8 Å². The number of aromatic nitrogens is 1. The summed E-state index contributed by atoms with van der Waals surface area (Å²) in [5, 5.41) is 9.38. The molecule has 0 N–H and O–H groups in total. The van der Waals surface area contributed by atoms with Crippen molar-refractivity contribution in [2.24, 2.45) is 0 Å². The molecule has 1 heterocycles. The summed E-state index contributed by atoms with van der Waals surface area (Å²) in [6.45, 7) is 8.97. The third-order valence-corrected chi connectivity index (χ3v) is 4.00. The Bertz CT molecular complexity index is 629. The summed E-state index contributed by atoms with van der Waals surface area (Å²) in [6, 6.07) is 16.2. The van der Waals surface area contributed by atoms with E-state index in [0.717, 1.165) is 38.5 Å². The lowest BCUT2D eigenvalue weighted by Gasteiger charge is -2.28. The van der Waals surface area contributed by atoms with Crippen molar-refractivity contribution in [3.05, 3.63) is 59.8 Å². The minimum Gasteiger partial charge on any atom is -0.350 e. The van der Waals surface area contributed by atoms with E-state index in [9.17, 15) is 5.26 Å². The molecule has 0 saturated heterocycles. The van der Waals surface area contributed by atoms with E-state index in [0.29, 0.717) is 5.56 Å². The van der Waals surface area contributed by atoms with Gasteiger partial charge in [-0.25, -0.2) is 4.98 Å². The van der Waals surface area contributed by atoms with Gasteiger partial charge in [-0.1, -0.05) is 44.2 Å². The number of anilines is 1. The predicted octanol–water partition coefficient (Wildman–Crippen LogP) is 3.30. The fourth-order valence-corrected chi connectivity index (χ4v) is 2.60. The van der Waals surface area contributed by atoms with Gasteiger partial charge in [0.05, 0.1) is 5.56 Å². The maximum Gasteiger partial charge on any atom is 0.146 e. The van der Waals surface area contributed by atoms with E-state index in [1.165, 1.54) is 5.56 Å². The summed E-state index contributed by atoms with van der Waals surface area (Å²) < 4.78 is 0. The molecule has 0 spiro atoms. The van der Waals surface area contributed by atoms with E-state index < -0.39 is 0 Å². The standard InChI is InChI=1S/C19H24N4/c1-3-22(4-2)13-14-23(16-17-9-6-5-7-10-17)19-18(15-20)11-8-12-21-19/h5-12H,3-4,13-14,16H2,1-2H3. The quantitative estimate of drug-likeness (QED) is 0.750. The van der Waals surface area contributed by atoms with Gasteiger partial charge < -0.3 is 9.80 Å². The average molecular weight is 308 g/mol. The summed E-state index contributed by atoms with van der Waals surface area (Å²) in [5.41, 5.74) is 1.85. The highest BCUT2D eigenvalue weighted by molar-refractivity contribution is 5.53. The van der Waals surface area contributed by atoms with Crippen LogP contribution in [0.15, 0.2) is 48.7 Å². The van der Waals surface area contributed by atoms with Crippen LogP contribution in [0.2, 0.25) is 0 Å². The maximum absolute atomic E-state index is 9.38. The molecule has 4 heteroatoms. The fourth-order valence-electron chi connectivity index (χ4n) is 2.60. The number of nitrogens with zero attached hydrogens (tertiary/aromatic N) is 4. The molecule has 0 fully saturated rings. The number of hydrogen-bond acceptors (Lipinski definition) is 4. The molecule has 0 radical (unpaired) electrons. The smallest absolute Gasteiger partial charge is 0.146 e. The molecule has 1 aromatic carbocycles. The van der Waals surface area contributed by atoms with E-state index in [-0.39, 0.29) is 0 Å². The number of likely N-dealkylation sites (N-methyl/N-ethyl adjacent to an activating group) is 1. The summed E-state index contributed by atoms with van der Waals surface area (Å²) in [4.78, 5) is 9.04. The molecule has 1 aromatic heterocycles. The van der Waals surface area contributed by atoms with Crippen molar-refractivity contribution >= 4 is 5.82 Å². The molecule has 0 aliphatic rings. The van der Waals surface area contributed by atoms with Crippen molar-refractivity contribution in [2.45, 2.75) is 20.4 Å². The van der Waals surface area contributed by atoms with Gasteiger partial charge in [-0.2, -0.15) is 5.26 Å². The normalized spacial score (nSPS) is 10.5. The Morgan fingerprint density at radius 1 is 1.00 bits per heavy atom. The molecule has 0 aliphatic carbocycles. The van der Waals surface area contributed by atoms with Crippen LogP contribution in [-0.2, 0) is 6.54 Å². The van der Waals surface area contributed by atoms with Crippen molar-refractivity contribution < 1.29 is 0 Å². The van der Waals surface area contributed by atoms with E-state index in [1.54, 1.807) is 6.20 Å². The minimum absolute atomic E-state index is 0.628. The topological polar surface area (TPSA) is 43.2 Å². The lowest BCUT2D eigenvalue weighted by Crippen LogP contribution is -2.35. The number of hydrogen-bond donors (Lipinski definition) is 0. The molecule has 0 bridgehead atoms. The lowest BCUT2D eigenvalue weighted by atomic mass is 10.2. The second-order valence-electron chi connectivity index (χ2n) is 5.42. The Labute approximate surface area is 139 Å². The molecule has 120 valence electrons. The second-order valence-corrected chi connectivity index (χ2v) is 5.42. The highest BCUT2D eigenvalue weighted by Crippen LogP contribution is 2.19. The molecule has 23 heavy (non-hydrogen) atoms. The van der Waals surface area contributed by atoms with Crippen LogP contribution in [0.4, 0.5) is 5.82 Å². The van der Waals surface area contributed by atoms with Gasteiger partial charge in [0.2, 0.25) is 0 Å². The summed E-state index contributed by atoms with van der Waals surface area (Å²) in [6.07, 6.45) is 1.76. The van der Waals surface area contributed by atoms with Gasteiger partial charge in [-0.3, -0.25) is 0 Å². The summed E-state index contributed by atoms with van der Waals surface area (Å²) in [7, 11) is 0. The van der Waals surface area contributed by atoms with Crippen LogP contribution < -0.4 is 4.90 Å². The number of nitriles is 1. The van der Waals surface area contributed by atoms with Gasteiger partial charge in [0.1, 0.15) is 11.9 Å². The molecule has 2 aromatic rings. The number of benzene rings is 1. The largest absolute Gasteiger partial charge is 0.350 e. The first-order valence-electron chi connectivity index (χ1n) is 8.14. The first-order chi connectivity index (χ1) is 11.3. The van der Waals surface area contributed by atoms with Crippen molar-refractivity contribution in [3.63, 3.8) is 0 Å². The fraction of sp³-hybridized carbons (Fsp3) is 0.368. The third kappa shape index (κ3) is 4.80. The highest BCUT2D eigenvalue weighted by Gasteiger charge is 2.14. The first-order valence-corrected chi connectivity index (χ1v) is 8.14. The molecular formula is C19H24N4. The van der Waals surface area contributed by atoms with Crippen LogP contribution in [0.5, 0.6) is 0 Å². The maximum atomic E-state index is 9.38. The lowest BCUT2D eigenvalue weighted by molar-refractivity contribution is 0.309. The molecule has 4 nitrogen and oxygen atoms in total. The van der Waals surface area contributed by atoms with E-state index >= 15 is 0 Å². The monoisotopic (exact) mass is 308 g/mol. The number of pyridine rings is 1. The molecule has 0 saturated carbocycles. The zero-order chi connectivity index (χ0) is 16.5. The van der Waals surface area contributed by atoms with Crippen molar-refractivity contribution in [2.75, 3.05) is 31.1 Å². The molecule has 0 amide bonds. The van der Waals surface area contributed by atoms with E-state index in [2.05, 4.69) is 46.8 Å². The summed E-state index contributed by atoms with van der Waals surface area (Å²) >= 11 is 0. The van der Waals surface area contributed by atoms with Gasteiger partial charge >= 0.3 is 0 Å². The van der Waals surface area contributed by atoms with Gasteiger partial charge in [0.25, 0.3) is 0 Å². The molecule has 2 rings (SSSR count). The summed E-state index contributed by atoms with van der Waals surface area (Å²) in [5.74, 6) is 0.769. The Balaban J connectivity index is 2.22. The molecular weight excluding hydrogens is 284 g/mol. The second kappa shape index (κ2) is 8.92. The van der Waals surface area contributed by atoms with Crippen molar-refractivity contribution in [3.8, 4) is 6.07 Å². The molecule has 0 atom stereocenters. The zero-order valence-electron chi connectivity index (χ0n) is 13.9. The Morgan fingerprint density at radius 2 is 1.74 bits per heavy atom. The van der Waals surface area contributed by atoms with Crippen LogP contribution in [-0.4, -0.2) is 36.1 Å². The molecule has 0 unspecified atom stereocenters. The predicted molar refractivity (Wildman–Crippen MR) is 94.2 cm³/mol.